The maximum absolute atomic E-state index is 8.88. The summed E-state index contributed by atoms with van der Waals surface area (Å²) in [6.45, 7) is 10.5. The van der Waals surface area contributed by atoms with Crippen LogP contribution >= 0.6 is 0 Å². The van der Waals surface area contributed by atoms with Crippen molar-refractivity contribution in [1.29, 1.82) is 0 Å². The number of nitrogens with zero attached hydrogens (tertiary/aromatic N) is 3. The zero-order valence-corrected chi connectivity index (χ0v) is 11.3. The van der Waals surface area contributed by atoms with Gasteiger partial charge in [0.15, 0.2) is 0 Å². The summed E-state index contributed by atoms with van der Waals surface area (Å²) in [7, 11) is 0. The van der Waals surface area contributed by atoms with Gasteiger partial charge in [0.1, 0.15) is 0 Å². The first kappa shape index (κ1) is 14.2. The summed E-state index contributed by atoms with van der Waals surface area (Å²) in [6.07, 6.45) is 1.83. The van der Waals surface area contributed by atoms with Gasteiger partial charge in [0.05, 0.1) is 11.4 Å². The number of hydrogen-bond acceptors (Lipinski definition) is 3. The molecule has 1 N–H and O–H groups in total. The monoisotopic (exact) mass is 239 g/mol. The van der Waals surface area contributed by atoms with Gasteiger partial charge in [0, 0.05) is 26.2 Å². The van der Waals surface area contributed by atoms with Crippen LogP contribution in [0.2, 0.25) is 0 Å². The normalized spacial score (nSPS) is 11.4. The molecule has 0 bridgehead atoms. The summed E-state index contributed by atoms with van der Waals surface area (Å²) >= 11 is 0. The van der Waals surface area contributed by atoms with E-state index in [2.05, 4.69) is 41.5 Å². The highest BCUT2D eigenvalue weighted by Crippen LogP contribution is 2.09. The van der Waals surface area contributed by atoms with Crippen LogP contribution in [0.15, 0.2) is 6.07 Å². The van der Waals surface area contributed by atoms with Crippen molar-refractivity contribution in [2.24, 2.45) is 0 Å². The smallest absolute Gasteiger partial charge is 0.0625 e. The third-order valence-electron chi connectivity index (χ3n) is 3.04. The van der Waals surface area contributed by atoms with Crippen LogP contribution in [0.5, 0.6) is 0 Å². The maximum Gasteiger partial charge on any atom is 0.0625 e. The largest absolute Gasteiger partial charge is 0.396 e. The molecular weight excluding hydrogens is 214 g/mol. The molecule has 0 atom stereocenters. The predicted molar refractivity (Wildman–Crippen MR) is 69.9 cm³/mol. The molecule has 0 spiro atoms. The Labute approximate surface area is 104 Å². The molecule has 0 aliphatic rings. The SMILES string of the molecule is CCc1cc(CN(CC)CCCO)n(CC)n1. The highest BCUT2D eigenvalue weighted by Gasteiger charge is 2.09. The van der Waals surface area contributed by atoms with E-state index in [0.29, 0.717) is 0 Å². The number of aliphatic hydroxyl groups excluding tert-OH is 1. The van der Waals surface area contributed by atoms with E-state index < -0.39 is 0 Å². The molecule has 4 nitrogen and oxygen atoms in total. The highest BCUT2D eigenvalue weighted by atomic mass is 16.3. The minimum atomic E-state index is 0.268. The van der Waals surface area contributed by atoms with Crippen LogP contribution in [0.25, 0.3) is 0 Å². The average molecular weight is 239 g/mol. The van der Waals surface area contributed by atoms with E-state index in [0.717, 1.165) is 39.0 Å². The molecule has 0 unspecified atom stereocenters. The molecule has 17 heavy (non-hydrogen) atoms. The van der Waals surface area contributed by atoms with E-state index in [-0.39, 0.29) is 6.61 Å². The Morgan fingerprint density at radius 2 is 2.12 bits per heavy atom. The standard InChI is InChI=1S/C13H25N3O/c1-4-12-10-13(16(6-3)14-12)11-15(5-2)8-7-9-17/h10,17H,4-9,11H2,1-3H3. The van der Waals surface area contributed by atoms with Gasteiger partial charge in [-0.15, -0.1) is 0 Å². The van der Waals surface area contributed by atoms with Crippen molar-refractivity contribution in [1.82, 2.24) is 14.7 Å². The Kier molecular flexibility index (Phi) is 6.22. The molecule has 0 aromatic carbocycles. The number of aryl methyl sites for hydroxylation is 2. The van der Waals surface area contributed by atoms with Crippen molar-refractivity contribution in [3.63, 3.8) is 0 Å². The lowest BCUT2D eigenvalue weighted by Crippen LogP contribution is -2.26. The number of hydrogen-bond donors (Lipinski definition) is 1. The fourth-order valence-corrected chi connectivity index (χ4v) is 1.96. The molecular formula is C13H25N3O. The number of rotatable bonds is 8. The van der Waals surface area contributed by atoms with Crippen molar-refractivity contribution >= 4 is 0 Å². The van der Waals surface area contributed by atoms with E-state index in [1.54, 1.807) is 0 Å². The molecule has 0 aliphatic heterocycles. The minimum absolute atomic E-state index is 0.268. The summed E-state index contributed by atoms with van der Waals surface area (Å²) in [5, 5.41) is 13.4. The summed E-state index contributed by atoms with van der Waals surface area (Å²) in [5.41, 5.74) is 2.45. The zero-order valence-electron chi connectivity index (χ0n) is 11.3. The second-order valence-electron chi connectivity index (χ2n) is 4.24. The molecule has 0 fully saturated rings. The Bertz CT molecular complexity index is 322. The number of aliphatic hydroxyl groups is 1. The lowest BCUT2D eigenvalue weighted by molar-refractivity contribution is 0.221. The summed E-state index contributed by atoms with van der Waals surface area (Å²) < 4.78 is 2.08. The van der Waals surface area contributed by atoms with Crippen molar-refractivity contribution in [2.75, 3.05) is 19.7 Å². The van der Waals surface area contributed by atoms with E-state index in [9.17, 15) is 0 Å². The van der Waals surface area contributed by atoms with Crippen molar-refractivity contribution in [3.05, 3.63) is 17.5 Å². The fraction of sp³-hybridized carbons (Fsp3) is 0.769. The van der Waals surface area contributed by atoms with Gasteiger partial charge in [-0.25, -0.2) is 0 Å². The molecule has 1 aromatic rings. The Hall–Kier alpha value is -0.870. The summed E-state index contributed by atoms with van der Waals surface area (Å²) in [6, 6.07) is 2.20. The first-order chi connectivity index (χ1) is 8.24. The van der Waals surface area contributed by atoms with Gasteiger partial charge in [-0.05, 0) is 32.4 Å². The van der Waals surface area contributed by atoms with Crippen LogP contribution in [-0.2, 0) is 19.5 Å². The van der Waals surface area contributed by atoms with Crippen molar-refractivity contribution in [3.8, 4) is 0 Å². The third kappa shape index (κ3) is 4.13. The first-order valence-electron chi connectivity index (χ1n) is 6.63. The lowest BCUT2D eigenvalue weighted by Gasteiger charge is -2.20. The quantitative estimate of drug-likeness (QED) is 0.750. The molecule has 1 heterocycles. The molecule has 4 heteroatoms. The maximum atomic E-state index is 8.88. The van der Waals surface area contributed by atoms with Gasteiger partial charge in [0.2, 0.25) is 0 Å². The average Bonchev–Trinajstić information content (AvgIpc) is 2.76. The lowest BCUT2D eigenvalue weighted by atomic mass is 10.3. The van der Waals surface area contributed by atoms with E-state index in [4.69, 9.17) is 5.11 Å². The fourth-order valence-electron chi connectivity index (χ4n) is 1.96. The molecule has 1 rings (SSSR count). The van der Waals surface area contributed by atoms with Crippen LogP contribution in [0.1, 0.15) is 38.6 Å². The van der Waals surface area contributed by atoms with E-state index in [1.165, 1.54) is 11.4 Å². The van der Waals surface area contributed by atoms with Crippen molar-refractivity contribution in [2.45, 2.75) is 46.7 Å². The van der Waals surface area contributed by atoms with Gasteiger partial charge in [-0.1, -0.05) is 13.8 Å². The molecule has 0 saturated heterocycles. The van der Waals surface area contributed by atoms with Gasteiger partial charge in [-0.3, -0.25) is 9.58 Å². The van der Waals surface area contributed by atoms with Crippen LogP contribution in [0.3, 0.4) is 0 Å². The molecule has 98 valence electrons. The molecule has 1 aromatic heterocycles. The zero-order chi connectivity index (χ0) is 12.7. The van der Waals surface area contributed by atoms with E-state index in [1.807, 2.05) is 0 Å². The minimum Gasteiger partial charge on any atom is -0.396 e. The third-order valence-corrected chi connectivity index (χ3v) is 3.04. The van der Waals surface area contributed by atoms with Crippen LogP contribution in [0.4, 0.5) is 0 Å². The van der Waals surface area contributed by atoms with Crippen LogP contribution < -0.4 is 0 Å². The van der Waals surface area contributed by atoms with Gasteiger partial charge < -0.3 is 5.11 Å². The van der Waals surface area contributed by atoms with Gasteiger partial charge in [-0.2, -0.15) is 5.10 Å². The van der Waals surface area contributed by atoms with Crippen molar-refractivity contribution < 1.29 is 5.11 Å². The Morgan fingerprint density at radius 1 is 1.35 bits per heavy atom. The molecule has 0 radical (unpaired) electrons. The van der Waals surface area contributed by atoms with Gasteiger partial charge >= 0.3 is 0 Å². The predicted octanol–water partition coefficient (Wildman–Crippen LogP) is 1.67. The number of aromatic nitrogens is 2. The molecule has 0 saturated carbocycles. The van der Waals surface area contributed by atoms with Crippen LogP contribution in [0, 0.1) is 0 Å². The second-order valence-corrected chi connectivity index (χ2v) is 4.24. The Morgan fingerprint density at radius 3 is 2.65 bits per heavy atom. The topological polar surface area (TPSA) is 41.3 Å². The van der Waals surface area contributed by atoms with Gasteiger partial charge in [0.25, 0.3) is 0 Å². The Balaban J connectivity index is 2.67. The molecule has 0 aliphatic carbocycles. The van der Waals surface area contributed by atoms with Crippen LogP contribution in [-0.4, -0.2) is 39.5 Å². The summed E-state index contributed by atoms with van der Waals surface area (Å²) in [5.74, 6) is 0. The second kappa shape index (κ2) is 7.45. The first-order valence-corrected chi connectivity index (χ1v) is 6.63. The van der Waals surface area contributed by atoms with E-state index >= 15 is 0 Å². The highest BCUT2D eigenvalue weighted by molar-refractivity contribution is 5.10. The summed E-state index contributed by atoms with van der Waals surface area (Å²) in [4.78, 5) is 2.35. The molecule has 0 amide bonds.